The van der Waals surface area contributed by atoms with E-state index in [1.807, 2.05) is 23.6 Å². The van der Waals surface area contributed by atoms with Crippen LogP contribution in [-0.2, 0) is 13.0 Å². The maximum atomic E-state index is 11.9. The second-order valence-electron chi connectivity index (χ2n) is 7.67. The molecular weight excluding hydrogens is 410 g/mol. The molecule has 0 saturated carbocycles. The third-order valence-electron chi connectivity index (χ3n) is 5.56. The van der Waals surface area contributed by atoms with Gasteiger partial charge in [0.05, 0.1) is 23.5 Å². The number of amides is 1. The standard InChI is InChI=1S/C22H23N7OS/c1-13-17(29-10-3-7-15(19(23)30)22(29)25-13)21-26-16-8-4-9-28(2)18(16)20(27-21)24-12-14-6-5-11-31-14/h3,5-7,10-11H,4,8-9,12H2,1-2H3,(H2,23,30)(H,24,26,27). The monoisotopic (exact) mass is 433 g/mol. The van der Waals surface area contributed by atoms with Crippen LogP contribution in [0.1, 0.15) is 33.0 Å². The Balaban J connectivity index is 1.66. The highest BCUT2D eigenvalue weighted by atomic mass is 32.1. The number of nitrogens with zero attached hydrogens (tertiary/aromatic N) is 5. The molecule has 0 radical (unpaired) electrons. The van der Waals surface area contributed by atoms with Crippen molar-refractivity contribution in [1.29, 1.82) is 0 Å². The number of nitrogens with one attached hydrogen (secondary N) is 1. The minimum Gasteiger partial charge on any atom is -0.370 e. The van der Waals surface area contributed by atoms with E-state index in [0.717, 1.165) is 48.0 Å². The summed E-state index contributed by atoms with van der Waals surface area (Å²) >= 11 is 1.71. The molecule has 0 aromatic carbocycles. The first-order chi connectivity index (χ1) is 15.0. The molecule has 0 atom stereocenters. The lowest BCUT2D eigenvalue weighted by Gasteiger charge is -2.29. The fourth-order valence-corrected chi connectivity index (χ4v) is 4.77. The van der Waals surface area contributed by atoms with E-state index in [0.29, 0.717) is 23.6 Å². The van der Waals surface area contributed by atoms with Gasteiger partial charge in [0.1, 0.15) is 17.0 Å². The van der Waals surface area contributed by atoms with E-state index in [1.165, 1.54) is 4.88 Å². The van der Waals surface area contributed by atoms with Gasteiger partial charge in [0, 0.05) is 24.7 Å². The number of rotatable bonds is 5. The zero-order valence-corrected chi connectivity index (χ0v) is 18.2. The Morgan fingerprint density at radius 2 is 2.13 bits per heavy atom. The molecule has 1 aliphatic rings. The van der Waals surface area contributed by atoms with Crippen LogP contribution in [-0.4, -0.2) is 38.9 Å². The molecule has 5 heterocycles. The predicted octanol–water partition coefficient (Wildman–Crippen LogP) is 3.25. The molecule has 4 aromatic rings. The van der Waals surface area contributed by atoms with Crippen LogP contribution >= 0.6 is 11.3 Å². The van der Waals surface area contributed by atoms with Crippen molar-refractivity contribution in [2.45, 2.75) is 26.3 Å². The van der Waals surface area contributed by atoms with Gasteiger partial charge in [-0.25, -0.2) is 15.0 Å². The molecule has 9 heteroatoms. The van der Waals surface area contributed by atoms with Crippen molar-refractivity contribution in [2.24, 2.45) is 5.73 Å². The zero-order valence-electron chi connectivity index (χ0n) is 17.4. The van der Waals surface area contributed by atoms with Gasteiger partial charge in [-0.3, -0.25) is 9.20 Å². The van der Waals surface area contributed by atoms with E-state index in [1.54, 1.807) is 23.5 Å². The molecule has 0 saturated heterocycles. The van der Waals surface area contributed by atoms with E-state index < -0.39 is 5.91 Å². The van der Waals surface area contributed by atoms with Crippen molar-refractivity contribution in [1.82, 2.24) is 19.4 Å². The quantitative estimate of drug-likeness (QED) is 0.501. The van der Waals surface area contributed by atoms with Crippen molar-refractivity contribution >= 4 is 34.4 Å². The summed E-state index contributed by atoms with van der Waals surface area (Å²) in [7, 11) is 2.08. The molecule has 0 spiro atoms. The summed E-state index contributed by atoms with van der Waals surface area (Å²) in [5.41, 5.74) is 10.1. The number of anilines is 2. The lowest BCUT2D eigenvalue weighted by molar-refractivity contribution is 0.100. The first kappa shape index (κ1) is 19.5. The molecule has 158 valence electrons. The number of hydrogen-bond acceptors (Lipinski definition) is 7. The van der Waals surface area contributed by atoms with E-state index in [4.69, 9.17) is 15.7 Å². The third-order valence-corrected chi connectivity index (χ3v) is 6.43. The van der Waals surface area contributed by atoms with Crippen molar-refractivity contribution in [2.75, 3.05) is 23.8 Å². The number of carbonyl (C=O) groups is 1. The molecule has 1 aliphatic heterocycles. The summed E-state index contributed by atoms with van der Waals surface area (Å²) in [5.74, 6) is 0.902. The third kappa shape index (κ3) is 3.40. The Kier molecular flexibility index (Phi) is 4.82. The first-order valence-electron chi connectivity index (χ1n) is 10.2. The fraction of sp³-hybridized carbons (Fsp3) is 0.273. The number of nitrogens with two attached hydrogens (primary N) is 1. The number of primary amides is 1. The second-order valence-corrected chi connectivity index (χ2v) is 8.71. The second kappa shape index (κ2) is 7.66. The van der Waals surface area contributed by atoms with Gasteiger partial charge in [0.25, 0.3) is 5.91 Å². The molecule has 31 heavy (non-hydrogen) atoms. The fourth-order valence-electron chi connectivity index (χ4n) is 4.13. The van der Waals surface area contributed by atoms with E-state index >= 15 is 0 Å². The summed E-state index contributed by atoms with van der Waals surface area (Å²) in [6.45, 7) is 3.58. The van der Waals surface area contributed by atoms with Crippen LogP contribution < -0.4 is 16.0 Å². The Morgan fingerprint density at radius 3 is 2.90 bits per heavy atom. The molecule has 0 unspecified atom stereocenters. The summed E-state index contributed by atoms with van der Waals surface area (Å²) in [4.78, 5) is 29.8. The molecule has 0 aliphatic carbocycles. The van der Waals surface area contributed by atoms with Crippen LogP contribution in [0, 0.1) is 6.92 Å². The SMILES string of the molecule is Cc1nc2c(C(N)=O)cccn2c1-c1nc2c(c(NCc3cccs3)n1)N(C)CCC2. The molecule has 0 bridgehead atoms. The average molecular weight is 434 g/mol. The first-order valence-corrected chi connectivity index (χ1v) is 11.1. The number of imidazole rings is 1. The molecule has 3 N–H and O–H groups in total. The van der Waals surface area contributed by atoms with Gasteiger partial charge in [0.15, 0.2) is 11.6 Å². The summed E-state index contributed by atoms with van der Waals surface area (Å²) in [5, 5.41) is 5.59. The molecule has 1 amide bonds. The topological polar surface area (TPSA) is 101 Å². The number of aryl methyl sites for hydroxylation is 2. The Morgan fingerprint density at radius 1 is 1.26 bits per heavy atom. The number of aromatic nitrogens is 4. The molecular formula is C22H23N7OS. The predicted molar refractivity (Wildman–Crippen MR) is 123 cm³/mol. The van der Waals surface area contributed by atoms with Gasteiger partial charge in [-0.2, -0.15) is 0 Å². The Hall–Kier alpha value is -3.46. The Bertz CT molecular complexity index is 1280. The van der Waals surface area contributed by atoms with Crippen molar-refractivity contribution < 1.29 is 4.79 Å². The normalized spacial score (nSPS) is 13.4. The van der Waals surface area contributed by atoms with E-state index in [2.05, 4.69) is 33.7 Å². The largest absolute Gasteiger partial charge is 0.370 e. The molecule has 8 nitrogen and oxygen atoms in total. The van der Waals surface area contributed by atoms with Crippen LogP contribution in [0.25, 0.3) is 17.2 Å². The Labute approximate surface area is 183 Å². The lowest BCUT2D eigenvalue weighted by Crippen LogP contribution is -2.27. The lowest BCUT2D eigenvalue weighted by atomic mass is 10.1. The highest BCUT2D eigenvalue weighted by Gasteiger charge is 2.25. The maximum absolute atomic E-state index is 11.9. The summed E-state index contributed by atoms with van der Waals surface area (Å²) in [6, 6.07) is 7.63. The minimum atomic E-state index is -0.506. The van der Waals surface area contributed by atoms with Crippen LogP contribution in [0.4, 0.5) is 11.5 Å². The van der Waals surface area contributed by atoms with Crippen molar-refractivity contribution in [3.8, 4) is 11.5 Å². The van der Waals surface area contributed by atoms with Gasteiger partial charge in [-0.1, -0.05) is 6.07 Å². The van der Waals surface area contributed by atoms with Crippen LogP contribution in [0.15, 0.2) is 35.8 Å². The van der Waals surface area contributed by atoms with Crippen molar-refractivity contribution in [3.63, 3.8) is 0 Å². The van der Waals surface area contributed by atoms with Crippen molar-refractivity contribution in [3.05, 3.63) is 57.7 Å². The minimum absolute atomic E-state index is 0.380. The maximum Gasteiger partial charge on any atom is 0.252 e. The molecule has 5 rings (SSSR count). The van der Waals surface area contributed by atoms with Crippen LogP contribution in [0.2, 0.25) is 0 Å². The van der Waals surface area contributed by atoms with Gasteiger partial charge in [0.2, 0.25) is 0 Å². The number of pyridine rings is 1. The zero-order chi connectivity index (χ0) is 21.5. The smallest absolute Gasteiger partial charge is 0.252 e. The van der Waals surface area contributed by atoms with Gasteiger partial charge in [-0.15, -0.1) is 11.3 Å². The number of fused-ring (bicyclic) bond motifs is 2. The highest BCUT2D eigenvalue weighted by Crippen LogP contribution is 2.35. The number of thiophene rings is 1. The molecule has 4 aromatic heterocycles. The van der Waals surface area contributed by atoms with Gasteiger partial charge < -0.3 is 16.0 Å². The summed E-state index contributed by atoms with van der Waals surface area (Å²) in [6.07, 6.45) is 3.80. The van der Waals surface area contributed by atoms with Gasteiger partial charge >= 0.3 is 0 Å². The summed E-state index contributed by atoms with van der Waals surface area (Å²) < 4.78 is 1.85. The van der Waals surface area contributed by atoms with Gasteiger partial charge in [-0.05, 0) is 43.3 Å². The number of hydrogen-bond donors (Lipinski definition) is 2. The van der Waals surface area contributed by atoms with E-state index in [9.17, 15) is 4.79 Å². The number of carbonyl (C=O) groups excluding carboxylic acids is 1. The highest BCUT2D eigenvalue weighted by molar-refractivity contribution is 7.09. The average Bonchev–Trinajstić information content (AvgIpc) is 3.38. The van der Waals surface area contributed by atoms with E-state index in [-0.39, 0.29) is 0 Å². The van der Waals surface area contributed by atoms with Crippen LogP contribution in [0.5, 0.6) is 0 Å². The van der Waals surface area contributed by atoms with Crippen LogP contribution in [0.3, 0.4) is 0 Å². The molecule has 0 fully saturated rings.